The van der Waals surface area contributed by atoms with Gasteiger partial charge in [-0.25, -0.2) is 0 Å². The highest BCUT2D eigenvalue weighted by Crippen LogP contribution is 2.23. The third kappa shape index (κ3) is 5.39. The molecule has 5 heteroatoms. The summed E-state index contributed by atoms with van der Waals surface area (Å²) in [4.78, 5) is 23.8. The van der Waals surface area contributed by atoms with Gasteiger partial charge in [0, 0.05) is 16.4 Å². The van der Waals surface area contributed by atoms with Gasteiger partial charge in [0.2, 0.25) is 11.8 Å². The first-order valence-electron chi connectivity index (χ1n) is 7.70. The standard InChI is InChI=1S/C19H21ClN2O2/c1-19(2,3)13-4-8-15(9-5-13)21-17(23)12-18(24)22-16-10-6-14(20)7-11-16/h4-11H,12H2,1-3H3,(H,21,23)(H,22,24). The van der Waals surface area contributed by atoms with Gasteiger partial charge >= 0.3 is 0 Å². The second kappa shape index (κ2) is 7.49. The number of benzene rings is 2. The van der Waals surface area contributed by atoms with Gasteiger partial charge in [-0.1, -0.05) is 44.5 Å². The Labute approximate surface area is 147 Å². The maximum atomic E-state index is 12.0. The fraction of sp³-hybridized carbons (Fsp3) is 0.263. The molecule has 0 saturated heterocycles. The normalized spacial score (nSPS) is 11.0. The lowest BCUT2D eigenvalue weighted by Gasteiger charge is -2.19. The average molecular weight is 345 g/mol. The lowest BCUT2D eigenvalue weighted by Crippen LogP contribution is -2.21. The van der Waals surface area contributed by atoms with Crippen LogP contribution in [0.1, 0.15) is 32.8 Å². The molecule has 0 aliphatic heterocycles. The van der Waals surface area contributed by atoms with E-state index in [-0.39, 0.29) is 23.7 Å². The average Bonchev–Trinajstić information content (AvgIpc) is 2.49. The zero-order chi connectivity index (χ0) is 17.7. The van der Waals surface area contributed by atoms with Crippen molar-refractivity contribution in [1.29, 1.82) is 0 Å². The number of hydrogen-bond acceptors (Lipinski definition) is 2. The molecule has 2 aromatic carbocycles. The van der Waals surface area contributed by atoms with Crippen molar-refractivity contribution in [2.24, 2.45) is 0 Å². The zero-order valence-corrected chi connectivity index (χ0v) is 14.8. The van der Waals surface area contributed by atoms with Gasteiger partial charge in [0.05, 0.1) is 0 Å². The van der Waals surface area contributed by atoms with Gasteiger partial charge in [-0.15, -0.1) is 0 Å². The Balaban J connectivity index is 1.88. The Bertz CT molecular complexity index is 717. The number of hydrogen-bond donors (Lipinski definition) is 2. The van der Waals surface area contributed by atoms with Crippen molar-refractivity contribution < 1.29 is 9.59 Å². The molecule has 24 heavy (non-hydrogen) atoms. The molecule has 0 radical (unpaired) electrons. The van der Waals surface area contributed by atoms with E-state index in [9.17, 15) is 9.59 Å². The molecule has 0 heterocycles. The van der Waals surface area contributed by atoms with Crippen molar-refractivity contribution in [3.63, 3.8) is 0 Å². The number of carbonyl (C=O) groups is 2. The largest absolute Gasteiger partial charge is 0.326 e. The minimum Gasteiger partial charge on any atom is -0.326 e. The third-order valence-corrected chi connectivity index (χ3v) is 3.74. The highest BCUT2D eigenvalue weighted by Gasteiger charge is 2.14. The van der Waals surface area contributed by atoms with Crippen molar-refractivity contribution in [2.45, 2.75) is 32.6 Å². The monoisotopic (exact) mass is 344 g/mol. The molecule has 2 amide bonds. The summed E-state index contributed by atoms with van der Waals surface area (Å²) in [6.07, 6.45) is -0.246. The first kappa shape index (κ1) is 18.0. The van der Waals surface area contributed by atoms with E-state index in [4.69, 9.17) is 11.6 Å². The van der Waals surface area contributed by atoms with Crippen LogP contribution in [0.5, 0.6) is 0 Å². The van der Waals surface area contributed by atoms with E-state index in [1.165, 1.54) is 5.56 Å². The highest BCUT2D eigenvalue weighted by molar-refractivity contribution is 6.30. The molecule has 2 aromatic rings. The first-order chi connectivity index (χ1) is 11.2. The molecule has 4 nitrogen and oxygen atoms in total. The van der Waals surface area contributed by atoms with Crippen LogP contribution in [-0.2, 0) is 15.0 Å². The van der Waals surface area contributed by atoms with Crippen LogP contribution in [0.25, 0.3) is 0 Å². The van der Waals surface area contributed by atoms with E-state index in [2.05, 4.69) is 31.4 Å². The van der Waals surface area contributed by atoms with Crippen LogP contribution in [0.4, 0.5) is 11.4 Å². The van der Waals surface area contributed by atoms with Crippen molar-refractivity contribution in [3.05, 3.63) is 59.1 Å². The summed E-state index contributed by atoms with van der Waals surface area (Å²) in [7, 11) is 0. The van der Waals surface area contributed by atoms with Gasteiger partial charge in [0.15, 0.2) is 0 Å². The molecule has 0 aliphatic carbocycles. The van der Waals surface area contributed by atoms with Gasteiger partial charge in [0.1, 0.15) is 6.42 Å². The Morgan fingerprint density at radius 1 is 0.833 bits per heavy atom. The van der Waals surface area contributed by atoms with E-state index in [1.54, 1.807) is 24.3 Å². The van der Waals surface area contributed by atoms with Gasteiger partial charge in [-0.05, 0) is 47.4 Å². The van der Waals surface area contributed by atoms with E-state index in [1.807, 2.05) is 24.3 Å². The molecular weight excluding hydrogens is 324 g/mol. The summed E-state index contributed by atoms with van der Waals surface area (Å²) in [5.74, 6) is -0.730. The van der Waals surface area contributed by atoms with Crippen LogP contribution >= 0.6 is 11.6 Å². The van der Waals surface area contributed by atoms with Gasteiger partial charge in [-0.2, -0.15) is 0 Å². The summed E-state index contributed by atoms with van der Waals surface area (Å²) in [5.41, 5.74) is 2.51. The molecule has 0 aliphatic rings. The summed E-state index contributed by atoms with van der Waals surface area (Å²) in [5, 5.41) is 5.97. The number of carbonyl (C=O) groups excluding carboxylic acids is 2. The number of amides is 2. The first-order valence-corrected chi connectivity index (χ1v) is 8.08. The highest BCUT2D eigenvalue weighted by atomic mass is 35.5. The van der Waals surface area contributed by atoms with Gasteiger partial charge in [0.25, 0.3) is 0 Å². The third-order valence-electron chi connectivity index (χ3n) is 3.48. The minimum absolute atomic E-state index is 0.0566. The van der Waals surface area contributed by atoms with Crippen LogP contribution in [0, 0.1) is 0 Å². The van der Waals surface area contributed by atoms with E-state index < -0.39 is 0 Å². The molecule has 2 N–H and O–H groups in total. The topological polar surface area (TPSA) is 58.2 Å². The van der Waals surface area contributed by atoms with Crippen molar-refractivity contribution in [1.82, 2.24) is 0 Å². The molecule has 0 spiro atoms. The molecular formula is C19H21ClN2O2. The molecule has 0 atom stereocenters. The Morgan fingerprint density at radius 2 is 1.25 bits per heavy atom. The fourth-order valence-electron chi connectivity index (χ4n) is 2.14. The molecule has 0 unspecified atom stereocenters. The van der Waals surface area contributed by atoms with Crippen LogP contribution in [0.3, 0.4) is 0 Å². The van der Waals surface area contributed by atoms with Crippen molar-refractivity contribution in [3.8, 4) is 0 Å². The van der Waals surface area contributed by atoms with Gasteiger partial charge in [-0.3, -0.25) is 9.59 Å². The molecule has 126 valence electrons. The second-order valence-corrected chi connectivity index (χ2v) is 7.04. The quantitative estimate of drug-likeness (QED) is 0.796. The van der Waals surface area contributed by atoms with Crippen molar-refractivity contribution in [2.75, 3.05) is 10.6 Å². The number of nitrogens with one attached hydrogen (secondary N) is 2. The Hall–Kier alpha value is -2.33. The van der Waals surface area contributed by atoms with E-state index in [0.717, 1.165) is 0 Å². The maximum absolute atomic E-state index is 12.0. The number of anilines is 2. The van der Waals surface area contributed by atoms with Crippen LogP contribution < -0.4 is 10.6 Å². The predicted molar refractivity (Wildman–Crippen MR) is 98.5 cm³/mol. The van der Waals surface area contributed by atoms with Crippen LogP contribution in [0.15, 0.2) is 48.5 Å². The SMILES string of the molecule is CC(C)(C)c1ccc(NC(=O)CC(=O)Nc2ccc(Cl)cc2)cc1. The van der Waals surface area contributed by atoms with Crippen LogP contribution in [-0.4, -0.2) is 11.8 Å². The lowest BCUT2D eigenvalue weighted by molar-refractivity contribution is -0.123. The van der Waals surface area contributed by atoms with Crippen LogP contribution in [0.2, 0.25) is 5.02 Å². The summed E-state index contributed by atoms with van der Waals surface area (Å²) in [6.45, 7) is 6.38. The molecule has 0 fully saturated rings. The van der Waals surface area contributed by atoms with E-state index >= 15 is 0 Å². The number of rotatable bonds is 4. The Morgan fingerprint density at radius 3 is 1.67 bits per heavy atom. The van der Waals surface area contributed by atoms with E-state index in [0.29, 0.717) is 16.4 Å². The summed E-state index contributed by atoms with van der Waals surface area (Å²) >= 11 is 5.79. The lowest BCUT2D eigenvalue weighted by atomic mass is 9.87. The summed E-state index contributed by atoms with van der Waals surface area (Å²) in [6, 6.07) is 14.4. The summed E-state index contributed by atoms with van der Waals surface area (Å²) < 4.78 is 0. The minimum atomic E-state index is -0.374. The van der Waals surface area contributed by atoms with Gasteiger partial charge < -0.3 is 10.6 Å². The molecule has 0 bridgehead atoms. The Kier molecular flexibility index (Phi) is 5.62. The van der Waals surface area contributed by atoms with Crippen molar-refractivity contribution >= 4 is 34.8 Å². The fourth-order valence-corrected chi connectivity index (χ4v) is 2.27. The zero-order valence-electron chi connectivity index (χ0n) is 14.0. The molecule has 0 saturated carbocycles. The maximum Gasteiger partial charge on any atom is 0.233 e. The molecule has 0 aromatic heterocycles. The second-order valence-electron chi connectivity index (χ2n) is 6.61. The molecule has 2 rings (SSSR count). The smallest absolute Gasteiger partial charge is 0.233 e. The number of halogens is 1. The predicted octanol–water partition coefficient (Wildman–Crippen LogP) is 4.60.